The van der Waals surface area contributed by atoms with E-state index in [0.29, 0.717) is 5.69 Å². The molecule has 2 aromatic rings. The van der Waals surface area contributed by atoms with Crippen molar-refractivity contribution in [2.75, 3.05) is 17.6 Å². The zero-order chi connectivity index (χ0) is 17.6. The Labute approximate surface area is 148 Å². The molecule has 1 N–H and O–H groups in total. The van der Waals surface area contributed by atoms with Crippen LogP contribution in [0.15, 0.2) is 46.5 Å². The van der Waals surface area contributed by atoms with E-state index in [0.717, 1.165) is 15.2 Å². The number of nitrogens with one attached hydrogen (secondary N) is 1. The summed E-state index contributed by atoms with van der Waals surface area (Å²) in [5.74, 6) is -0.288. The fourth-order valence-corrected chi connectivity index (χ4v) is 4.56. The smallest absolute Gasteiger partial charge is 0.259 e. The Hall–Kier alpha value is -2.52. The van der Waals surface area contributed by atoms with Crippen molar-refractivity contribution < 1.29 is 13.2 Å². The number of hydrogen-bond donors (Lipinski definition) is 1. The average Bonchev–Trinajstić information content (AvgIpc) is 2.92. The van der Waals surface area contributed by atoms with Crippen molar-refractivity contribution in [3.8, 4) is 0 Å². The van der Waals surface area contributed by atoms with E-state index in [2.05, 4.69) is 14.7 Å². The fraction of sp³-hybridized carbons (Fsp3) is 0.188. The van der Waals surface area contributed by atoms with Gasteiger partial charge in [-0.05, 0) is 37.3 Å². The van der Waals surface area contributed by atoms with Gasteiger partial charge in [-0.1, -0.05) is 0 Å². The number of sulfonamides is 1. The van der Waals surface area contributed by atoms with Crippen LogP contribution in [-0.2, 0) is 14.8 Å². The second-order valence-electron chi connectivity index (χ2n) is 5.69. The molecule has 3 heterocycles. The van der Waals surface area contributed by atoms with Gasteiger partial charge in [0.15, 0.2) is 5.84 Å². The zero-order valence-corrected chi connectivity index (χ0v) is 14.9. The molecule has 1 aromatic carbocycles. The first-order chi connectivity index (χ1) is 11.9. The molecule has 25 heavy (non-hydrogen) atoms. The number of amidine groups is 1. The predicted octanol–water partition coefficient (Wildman–Crippen LogP) is 2.04. The quantitative estimate of drug-likeness (QED) is 0.868. The third-order valence-electron chi connectivity index (χ3n) is 3.86. The van der Waals surface area contributed by atoms with Crippen LogP contribution in [0.2, 0.25) is 0 Å². The Kier molecular flexibility index (Phi) is 3.69. The summed E-state index contributed by atoms with van der Waals surface area (Å²) in [6, 6.07) is 5.47. The van der Waals surface area contributed by atoms with Gasteiger partial charge in [0, 0.05) is 18.4 Å². The monoisotopic (exact) mass is 374 g/mol. The largest absolute Gasteiger partial charge is 0.331 e. The molecule has 1 amide bonds. The van der Waals surface area contributed by atoms with Crippen LogP contribution < -0.4 is 5.32 Å². The number of fused-ring (bicyclic) bond motifs is 2. The summed E-state index contributed by atoms with van der Waals surface area (Å²) in [4.78, 5) is 18.7. The lowest BCUT2D eigenvalue weighted by atomic mass is 10.1. The molecule has 0 saturated heterocycles. The number of benzene rings is 1. The highest BCUT2D eigenvalue weighted by Crippen LogP contribution is 2.25. The van der Waals surface area contributed by atoms with Crippen molar-refractivity contribution in [3.63, 3.8) is 0 Å². The van der Waals surface area contributed by atoms with Crippen molar-refractivity contribution in [1.82, 2.24) is 9.88 Å². The minimum absolute atomic E-state index is 0.0584. The van der Waals surface area contributed by atoms with E-state index in [1.807, 2.05) is 19.1 Å². The molecular formula is C16H14N4O3S2. The van der Waals surface area contributed by atoms with Crippen LogP contribution >= 0.6 is 11.3 Å². The Balaban J connectivity index is 1.64. The molecule has 1 aromatic heterocycles. The van der Waals surface area contributed by atoms with Crippen LogP contribution in [0, 0.1) is 6.92 Å². The summed E-state index contributed by atoms with van der Waals surface area (Å²) in [5, 5.41) is 3.76. The highest BCUT2D eigenvalue weighted by Gasteiger charge is 2.29. The van der Waals surface area contributed by atoms with Crippen molar-refractivity contribution in [3.05, 3.63) is 47.1 Å². The second-order valence-corrected chi connectivity index (χ2v) is 8.68. The molecule has 4 rings (SSSR count). The lowest BCUT2D eigenvalue weighted by Crippen LogP contribution is -2.40. The Morgan fingerprint density at radius 3 is 3.04 bits per heavy atom. The van der Waals surface area contributed by atoms with Gasteiger partial charge < -0.3 is 10.2 Å². The minimum atomic E-state index is -3.53. The number of carbonyl (C=O) groups is 1. The first-order valence-electron chi connectivity index (χ1n) is 7.58. The number of carbonyl (C=O) groups excluding carboxylic acids is 1. The van der Waals surface area contributed by atoms with Gasteiger partial charge in [0.1, 0.15) is 0 Å². The van der Waals surface area contributed by atoms with Gasteiger partial charge in [-0.25, -0.2) is 13.4 Å². The molecule has 2 aliphatic rings. The first kappa shape index (κ1) is 16.0. The Morgan fingerprint density at radius 2 is 2.20 bits per heavy atom. The van der Waals surface area contributed by atoms with Gasteiger partial charge >= 0.3 is 0 Å². The van der Waals surface area contributed by atoms with Crippen LogP contribution in [0.1, 0.15) is 5.01 Å². The molecule has 0 fully saturated rings. The van der Waals surface area contributed by atoms with E-state index in [1.54, 1.807) is 40.7 Å². The van der Waals surface area contributed by atoms with E-state index in [-0.39, 0.29) is 23.7 Å². The van der Waals surface area contributed by atoms with Gasteiger partial charge in [-0.2, -0.15) is 0 Å². The van der Waals surface area contributed by atoms with Crippen LogP contribution in [-0.4, -0.2) is 42.3 Å². The van der Waals surface area contributed by atoms with E-state index < -0.39 is 15.9 Å². The standard InChI is InChI=1S/C16H14N4O3S2/c1-10-17-13-5-4-11(9-14(13)24-10)18-16(21)12-3-2-6-20-7-8-25(22,23)19-15(12)20/h2-6,9H,7-8H2,1H3,(H,18,21). The number of nitrogens with zero attached hydrogens (tertiary/aromatic N) is 3. The number of rotatable bonds is 2. The van der Waals surface area contributed by atoms with Crippen LogP contribution in [0.25, 0.3) is 10.2 Å². The number of hydrogen-bond acceptors (Lipinski definition) is 6. The van der Waals surface area contributed by atoms with Gasteiger partial charge in [0.05, 0.1) is 26.6 Å². The van der Waals surface area contributed by atoms with E-state index in [9.17, 15) is 13.2 Å². The van der Waals surface area contributed by atoms with Crippen molar-refractivity contribution in [2.24, 2.45) is 4.40 Å². The van der Waals surface area contributed by atoms with Gasteiger partial charge in [0.25, 0.3) is 15.9 Å². The lowest BCUT2D eigenvalue weighted by Gasteiger charge is -2.28. The molecule has 128 valence electrons. The number of thiazole rings is 1. The van der Waals surface area contributed by atoms with Crippen LogP contribution in [0.3, 0.4) is 0 Å². The van der Waals surface area contributed by atoms with Crippen molar-refractivity contribution in [1.29, 1.82) is 0 Å². The normalized spacial score (nSPS) is 18.5. The molecule has 0 bridgehead atoms. The van der Waals surface area contributed by atoms with Gasteiger partial charge in [-0.15, -0.1) is 15.7 Å². The lowest BCUT2D eigenvalue weighted by molar-refractivity contribution is -0.112. The van der Waals surface area contributed by atoms with Gasteiger partial charge in [-0.3, -0.25) is 4.79 Å². The van der Waals surface area contributed by atoms with E-state index >= 15 is 0 Å². The molecule has 0 unspecified atom stereocenters. The Bertz CT molecular complexity index is 1080. The fourth-order valence-electron chi connectivity index (χ4n) is 2.71. The maximum absolute atomic E-state index is 12.6. The van der Waals surface area contributed by atoms with E-state index in [1.165, 1.54) is 0 Å². The number of aryl methyl sites for hydroxylation is 1. The molecule has 0 radical (unpaired) electrons. The summed E-state index contributed by atoms with van der Waals surface area (Å²) in [6.07, 6.45) is 5.00. The molecule has 0 saturated carbocycles. The molecule has 2 aliphatic heterocycles. The van der Waals surface area contributed by atoms with E-state index in [4.69, 9.17) is 0 Å². The molecule has 0 aliphatic carbocycles. The number of aromatic nitrogens is 1. The topological polar surface area (TPSA) is 91.7 Å². The molecule has 0 atom stereocenters. The zero-order valence-electron chi connectivity index (χ0n) is 13.3. The number of anilines is 1. The SMILES string of the molecule is Cc1nc2ccc(NC(=O)C3=CC=CN4CCS(=O)(=O)N=C34)cc2s1. The number of allylic oxidation sites excluding steroid dienone is 2. The average molecular weight is 374 g/mol. The summed E-state index contributed by atoms with van der Waals surface area (Å²) in [6.45, 7) is 2.22. The molecular weight excluding hydrogens is 360 g/mol. The maximum atomic E-state index is 12.6. The van der Waals surface area contributed by atoms with Crippen LogP contribution in [0.5, 0.6) is 0 Å². The van der Waals surface area contributed by atoms with Gasteiger partial charge in [0.2, 0.25) is 0 Å². The third kappa shape index (κ3) is 3.08. The maximum Gasteiger partial charge on any atom is 0.259 e. The minimum Gasteiger partial charge on any atom is -0.331 e. The van der Waals surface area contributed by atoms with Crippen molar-refractivity contribution >= 4 is 49.0 Å². The number of amides is 1. The van der Waals surface area contributed by atoms with Crippen LogP contribution in [0.4, 0.5) is 5.69 Å². The first-order valence-corrected chi connectivity index (χ1v) is 10.0. The Morgan fingerprint density at radius 1 is 1.36 bits per heavy atom. The molecule has 7 nitrogen and oxygen atoms in total. The highest BCUT2D eigenvalue weighted by atomic mass is 32.2. The highest BCUT2D eigenvalue weighted by molar-refractivity contribution is 7.90. The summed E-state index contributed by atoms with van der Waals surface area (Å²) in [7, 11) is -3.53. The third-order valence-corrected chi connectivity index (χ3v) is 5.94. The second kappa shape index (κ2) is 5.78. The predicted molar refractivity (Wildman–Crippen MR) is 98.1 cm³/mol. The molecule has 0 spiro atoms. The summed E-state index contributed by atoms with van der Waals surface area (Å²) < 4.78 is 28.3. The summed E-state index contributed by atoms with van der Waals surface area (Å²) in [5.41, 5.74) is 1.74. The molecule has 9 heteroatoms. The summed E-state index contributed by atoms with van der Waals surface area (Å²) >= 11 is 1.55. The van der Waals surface area contributed by atoms with Crippen molar-refractivity contribution in [2.45, 2.75) is 6.92 Å².